The highest BCUT2D eigenvalue weighted by atomic mass is 16.8. The van der Waals surface area contributed by atoms with Crippen LogP contribution in [0.5, 0.6) is 0 Å². The van der Waals surface area contributed by atoms with E-state index in [1.165, 1.54) is 13.0 Å². The molecule has 0 aromatic rings. The fourth-order valence-electron chi connectivity index (χ4n) is 7.19. The van der Waals surface area contributed by atoms with Gasteiger partial charge in [-0.15, -0.1) is 0 Å². The minimum absolute atomic E-state index is 0. The standard InChI is InChI=1S/C31H53NO22.B/c1-8-15(32-10-2-9(3-33)16(38)20(42)17(10)39)19(41)23(45)29(49-8)53-27-13(5-35)51-31(25(47)21(27)43)54-28-14(6-36)50-30(24(46)22(28)44)52-26-12(4-34)48-7-11(37)18(26)40;/h2,8-9,11-47H,3-7H2,1H3;/t8?,9?,11?,12?,13?,14?,15-,16+,17?,18-,19+,20+,21-,22-,23?,24?,25?,26-,27-,28-,29-,30-,31-;/m1./s1. The van der Waals surface area contributed by atoms with Crippen molar-refractivity contribution in [3.8, 4) is 0 Å². The number of rotatable bonds is 12. The van der Waals surface area contributed by atoms with Gasteiger partial charge in [-0.1, -0.05) is 6.08 Å². The second kappa shape index (κ2) is 19.7. The second-order valence-corrected chi connectivity index (χ2v) is 14.1. The lowest BCUT2D eigenvalue weighted by molar-refractivity contribution is -0.382. The lowest BCUT2D eigenvalue weighted by atomic mass is 9.86. The highest BCUT2D eigenvalue weighted by Crippen LogP contribution is 2.34. The summed E-state index contributed by atoms with van der Waals surface area (Å²) < 4.78 is 39.1. The van der Waals surface area contributed by atoms with Crippen molar-refractivity contribution in [2.45, 2.75) is 142 Å². The predicted octanol–water partition coefficient (Wildman–Crippen LogP) is -10.2. The summed E-state index contributed by atoms with van der Waals surface area (Å²) in [6.07, 6.45) is -33.3. The molecular weight excluding hydrogens is 749 g/mol. The van der Waals surface area contributed by atoms with Gasteiger partial charge in [-0.25, -0.2) is 0 Å². The van der Waals surface area contributed by atoms with Crippen LogP contribution in [0.4, 0.5) is 0 Å². The molecular formula is C31H53BNO22. The first kappa shape index (κ1) is 46.4. The zero-order valence-electron chi connectivity index (χ0n) is 29.5. The molecule has 317 valence electrons. The molecule has 23 nitrogen and oxygen atoms in total. The summed E-state index contributed by atoms with van der Waals surface area (Å²) in [4.78, 5) is 0. The van der Waals surface area contributed by atoms with Crippen molar-refractivity contribution in [2.75, 3.05) is 33.0 Å². The predicted molar refractivity (Wildman–Crippen MR) is 175 cm³/mol. The van der Waals surface area contributed by atoms with Crippen LogP contribution in [0.15, 0.2) is 11.8 Å². The number of aliphatic hydroxyl groups excluding tert-OH is 15. The summed E-state index contributed by atoms with van der Waals surface area (Å²) in [6, 6.07) is -1.15. The van der Waals surface area contributed by atoms with Gasteiger partial charge in [-0.2, -0.15) is 0 Å². The van der Waals surface area contributed by atoms with E-state index in [0.29, 0.717) is 0 Å². The van der Waals surface area contributed by atoms with Crippen molar-refractivity contribution in [1.29, 1.82) is 0 Å². The molecule has 4 aliphatic heterocycles. The van der Waals surface area contributed by atoms with Crippen LogP contribution >= 0.6 is 0 Å². The van der Waals surface area contributed by atoms with Gasteiger partial charge in [-0.3, -0.25) is 0 Å². The molecule has 0 aromatic carbocycles. The van der Waals surface area contributed by atoms with E-state index >= 15 is 0 Å². The minimum atomic E-state index is -2.02. The molecule has 0 aromatic heterocycles. The van der Waals surface area contributed by atoms with Crippen LogP contribution in [-0.2, 0) is 33.2 Å². The Morgan fingerprint density at radius 1 is 0.564 bits per heavy atom. The molecule has 24 heteroatoms. The quantitative estimate of drug-likeness (QED) is 0.0815. The van der Waals surface area contributed by atoms with E-state index in [9.17, 15) is 76.6 Å². The molecule has 1 aliphatic carbocycles. The normalized spacial score (nSPS) is 50.8. The van der Waals surface area contributed by atoms with E-state index < -0.39 is 167 Å². The third-order valence-electron chi connectivity index (χ3n) is 10.5. The Morgan fingerprint density at radius 3 is 1.49 bits per heavy atom. The van der Waals surface area contributed by atoms with E-state index in [4.69, 9.17) is 33.2 Å². The Labute approximate surface area is 316 Å². The molecule has 4 heterocycles. The Bertz CT molecular complexity index is 1220. The monoisotopic (exact) mass is 802 g/mol. The summed E-state index contributed by atoms with van der Waals surface area (Å²) >= 11 is 0. The maximum absolute atomic E-state index is 11.1. The Hall–Kier alpha value is -1.28. The summed E-state index contributed by atoms with van der Waals surface area (Å²) in [5.41, 5.74) is -0.0659. The van der Waals surface area contributed by atoms with Gasteiger partial charge in [-0.05, 0) is 6.92 Å². The van der Waals surface area contributed by atoms with Crippen LogP contribution in [0.25, 0.3) is 0 Å². The molecule has 4 saturated heterocycles. The number of aliphatic hydroxyl groups is 15. The first-order valence-electron chi connectivity index (χ1n) is 17.5. The lowest BCUT2D eigenvalue weighted by Crippen LogP contribution is -2.67. The Balaban J connectivity index is 0.00000673. The highest BCUT2D eigenvalue weighted by molar-refractivity contribution is 5.75. The Kier molecular flexibility index (Phi) is 16.6. The molecule has 0 bridgehead atoms. The topological polar surface area (TPSA) is 380 Å². The van der Waals surface area contributed by atoms with Crippen molar-refractivity contribution < 1.29 is 110 Å². The van der Waals surface area contributed by atoms with Crippen molar-refractivity contribution in [3.05, 3.63) is 11.8 Å². The molecule has 10 unspecified atom stereocenters. The SMILES string of the molecule is CC1O[C@H](O[C@@H]2C(CO)O[C@H](O[C@@H]3C(CO)O[C@H](O[C@@H]4C(CO)OCC(O)[C@H]4O)C(O)[C@H]3O)C(O)[C@H]2O)C(O)[C@@H](O)[C@@H]1NC1=CC(CO)[C@H](O)[C@H](O)C1O.[B]. The zero-order valence-corrected chi connectivity index (χ0v) is 29.5. The third kappa shape index (κ3) is 9.46. The first-order valence-corrected chi connectivity index (χ1v) is 17.5. The van der Waals surface area contributed by atoms with Gasteiger partial charge < -0.3 is 115 Å². The van der Waals surface area contributed by atoms with E-state index in [-0.39, 0.29) is 20.7 Å². The number of ether oxygens (including phenoxy) is 7. The molecule has 5 aliphatic rings. The molecule has 0 amide bonds. The molecule has 5 rings (SSSR count). The number of hydrogen-bond donors (Lipinski definition) is 16. The van der Waals surface area contributed by atoms with Gasteiger partial charge in [0.15, 0.2) is 18.9 Å². The maximum atomic E-state index is 11.1. The lowest BCUT2D eigenvalue weighted by Gasteiger charge is -2.49. The maximum Gasteiger partial charge on any atom is 0.187 e. The van der Waals surface area contributed by atoms with Crippen LogP contribution in [-0.4, -0.2) is 253 Å². The van der Waals surface area contributed by atoms with Gasteiger partial charge >= 0.3 is 0 Å². The van der Waals surface area contributed by atoms with Gasteiger partial charge in [0.2, 0.25) is 0 Å². The van der Waals surface area contributed by atoms with Crippen LogP contribution in [0.3, 0.4) is 0 Å². The van der Waals surface area contributed by atoms with Crippen LogP contribution in [0.1, 0.15) is 6.92 Å². The van der Waals surface area contributed by atoms with Crippen molar-refractivity contribution in [3.63, 3.8) is 0 Å². The first-order chi connectivity index (χ1) is 25.6. The number of nitrogens with one attached hydrogen (secondary N) is 1. The van der Waals surface area contributed by atoms with E-state index in [1.807, 2.05) is 0 Å². The molecule has 23 atom stereocenters. The average Bonchev–Trinajstić information content (AvgIpc) is 3.16. The van der Waals surface area contributed by atoms with Gasteiger partial charge in [0.05, 0.1) is 51.3 Å². The summed E-state index contributed by atoms with van der Waals surface area (Å²) in [6.45, 7) is -1.86. The average molecular weight is 803 g/mol. The molecule has 16 N–H and O–H groups in total. The zero-order chi connectivity index (χ0) is 39.8. The van der Waals surface area contributed by atoms with E-state index in [0.717, 1.165) is 0 Å². The molecule has 0 spiro atoms. The van der Waals surface area contributed by atoms with Crippen molar-refractivity contribution in [2.24, 2.45) is 5.92 Å². The van der Waals surface area contributed by atoms with Crippen LogP contribution in [0, 0.1) is 5.92 Å². The van der Waals surface area contributed by atoms with E-state index in [2.05, 4.69) is 5.32 Å². The number of hydrogen-bond acceptors (Lipinski definition) is 23. The van der Waals surface area contributed by atoms with Gasteiger partial charge in [0.25, 0.3) is 0 Å². The summed E-state index contributed by atoms with van der Waals surface area (Å²) in [7, 11) is 0. The third-order valence-corrected chi connectivity index (χ3v) is 10.5. The largest absolute Gasteiger partial charge is 0.396 e. The van der Waals surface area contributed by atoms with Crippen molar-refractivity contribution in [1.82, 2.24) is 5.32 Å². The fourth-order valence-corrected chi connectivity index (χ4v) is 7.19. The highest BCUT2D eigenvalue weighted by Gasteiger charge is 2.54. The molecule has 0 saturated carbocycles. The van der Waals surface area contributed by atoms with Gasteiger partial charge in [0, 0.05) is 20.0 Å². The summed E-state index contributed by atoms with van der Waals surface area (Å²) in [5.74, 6) is -0.959. The van der Waals surface area contributed by atoms with Gasteiger partial charge in [0.1, 0.15) is 97.7 Å². The smallest absolute Gasteiger partial charge is 0.187 e. The van der Waals surface area contributed by atoms with E-state index in [1.54, 1.807) is 0 Å². The molecule has 3 radical (unpaired) electrons. The fraction of sp³-hybridized carbons (Fsp3) is 0.935. The molecule has 55 heavy (non-hydrogen) atoms. The van der Waals surface area contributed by atoms with Crippen LogP contribution < -0.4 is 5.32 Å². The second-order valence-electron chi connectivity index (χ2n) is 14.1. The Morgan fingerprint density at radius 2 is 1.02 bits per heavy atom. The molecule has 4 fully saturated rings. The summed E-state index contributed by atoms with van der Waals surface area (Å²) in [5, 5.41) is 159. The minimum Gasteiger partial charge on any atom is -0.396 e. The van der Waals surface area contributed by atoms with Crippen LogP contribution in [0.2, 0.25) is 0 Å². The van der Waals surface area contributed by atoms with Crippen molar-refractivity contribution >= 4 is 8.41 Å².